The lowest BCUT2D eigenvalue weighted by Crippen LogP contribution is -2.21. The van der Waals surface area contributed by atoms with E-state index in [-0.39, 0.29) is 0 Å². The summed E-state index contributed by atoms with van der Waals surface area (Å²) >= 11 is 0. The van der Waals surface area contributed by atoms with Gasteiger partial charge in [-0.25, -0.2) is 0 Å². The van der Waals surface area contributed by atoms with Crippen LogP contribution in [0.5, 0.6) is 0 Å². The van der Waals surface area contributed by atoms with Crippen molar-refractivity contribution < 1.29 is 4.74 Å². The number of benzene rings is 1. The second kappa shape index (κ2) is 8.98. The molecule has 0 atom stereocenters. The van der Waals surface area contributed by atoms with Gasteiger partial charge in [0.25, 0.3) is 0 Å². The molecule has 0 unspecified atom stereocenters. The summed E-state index contributed by atoms with van der Waals surface area (Å²) in [4.78, 5) is 2.36. The maximum atomic E-state index is 5.03. The minimum absolute atomic E-state index is 0.752. The molecule has 0 aliphatic heterocycles. The van der Waals surface area contributed by atoms with Crippen LogP contribution in [0.15, 0.2) is 18.2 Å². The smallest absolute Gasteiger partial charge is 0.0587 e. The van der Waals surface area contributed by atoms with E-state index in [1.807, 2.05) is 0 Å². The van der Waals surface area contributed by atoms with Gasteiger partial charge in [0.1, 0.15) is 0 Å². The van der Waals surface area contributed by atoms with Crippen LogP contribution >= 0.6 is 0 Å². The average Bonchev–Trinajstić information content (AvgIpc) is 2.41. The Balaban J connectivity index is 2.54. The van der Waals surface area contributed by atoms with Crippen molar-refractivity contribution in [3.63, 3.8) is 0 Å². The predicted octanol–water partition coefficient (Wildman–Crippen LogP) is 3.21. The minimum atomic E-state index is 0.752. The molecule has 1 aromatic carbocycles. The number of hydrogen-bond acceptors (Lipinski definition) is 3. The molecule has 0 aromatic heterocycles. The van der Waals surface area contributed by atoms with Crippen molar-refractivity contribution in [1.82, 2.24) is 5.32 Å². The molecule has 0 aliphatic rings. The molecule has 0 spiro atoms. The molecule has 0 aliphatic carbocycles. The van der Waals surface area contributed by atoms with Crippen LogP contribution in [0, 0.1) is 12.8 Å². The van der Waals surface area contributed by atoms with Crippen LogP contribution < -0.4 is 10.2 Å². The van der Waals surface area contributed by atoms with Gasteiger partial charge in [0.05, 0.1) is 6.61 Å². The Hall–Kier alpha value is -1.06. The summed E-state index contributed by atoms with van der Waals surface area (Å²) in [5, 5.41) is 3.38. The Bertz CT molecular complexity index is 391. The van der Waals surface area contributed by atoms with Crippen LogP contribution in [0.25, 0.3) is 0 Å². The molecule has 20 heavy (non-hydrogen) atoms. The van der Waals surface area contributed by atoms with Crippen molar-refractivity contribution >= 4 is 5.69 Å². The highest BCUT2D eigenvalue weighted by Crippen LogP contribution is 2.21. The van der Waals surface area contributed by atoms with Crippen LogP contribution in [0.3, 0.4) is 0 Å². The first kappa shape index (κ1) is 17.0. The number of anilines is 1. The largest absolute Gasteiger partial charge is 0.383 e. The zero-order chi connectivity index (χ0) is 15.0. The number of nitrogens with zero attached hydrogens (tertiary/aromatic N) is 1. The Kier molecular flexibility index (Phi) is 7.63. The lowest BCUT2D eigenvalue weighted by Gasteiger charge is -2.23. The highest BCUT2D eigenvalue weighted by Gasteiger charge is 2.06. The summed E-state index contributed by atoms with van der Waals surface area (Å²) in [6.45, 7) is 10.4. The van der Waals surface area contributed by atoms with Crippen molar-refractivity contribution in [1.29, 1.82) is 0 Å². The van der Waals surface area contributed by atoms with Crippen LogP contribution in [0.1, 0.15) is 31.4 Å². The molecule has 0 saturated carbocycles. The van der Waals surface area contributed by atoms with Crippen LogP contribution in [0.2, 0.25) is 0 Å². The Labute approximate surface area is 124 Å². The van der Waals surface area contributed by atoms with E-state index in [2.05, 4.69) is 56.2 Å². The summed E-state index contributed by atoms with van der Waals surface area (Å²) in [6, 6.07) is 6.73. The van der Waals surface area contributed by atoms with Crippen molar-refractivity contribution in [2.45, 2.75) is 33.7 Å². The van der Waals surface area contributed by atoms with Crippen molar-refractivity contribution in [2.75, 3.05) is 38.8 Å². The van der Waals surface area contributed by atoms with Crippen molar-refractivity contribution in [3.05, 3.63) is 29.3 Å². The highest BCUT2D eigenvalue weighted by atomic mass is 16.5. The monoisotopic (exact) mass is 278 g/mol. The van der Waals surface area contributed by atoms with Gasteiger partial charge >= 0.3 is 0 Å². The third-order valence-corrected chi connectivity index (χ3v) is 3.53. The maximum absolute atomic E-state index is 5.03. The highest BCUT2D eigenvalue weighted by molar-refractivity contribution is 5.53. The molecule has 1 rings (SSSR count). The molecule has 1 N–H and O–H groups in total. The molecule has 0 bridgehead atoms. The molecule has 0 heterocycles. The molecule has 3 nitrogen and oxygen atoms in total. The van der Waals surface area contributed by atoms with E-state index >= 15 is 0 Å². The summed E-state index contributed by atoms with van der Waals surface area (Å²) in [5.74, 6) is 0.752. The SMILES string of the molecule is COCCNCc1ccc(N(C)CCC(C)C)c(C)c1. The van der Waals surface area contributed by atoms with Gasteiger partial charge in [0.2, 0.25) is 0 Å². The Morgan fingerprint density at radius 2 is 2.05 bits per heavy atom. The lowest BCUT2D eigenvalue weighted by molar-refractivity contribution is 0.199. The minimum Gasteiger partial charge on any atom is -0.383 e. The standard InChI is InChI=1S/C17H30N2O/c1-14(2)8-10-19(4)17-7-6-16(12-15(17)3)13-18-9-11-20-5/h6-7,12,14,18H,8-11,13H2,1-5H3. The number of methoxy groups -OCH3 is 1. The van der Waals surface area contributed by atoms with Gasteiger partial charge in [0.15, 0.2) is 0 Å². The first-order valence-electron chi connectivity index (χ1n) is 7.55. The second-order valence-corrected chi connectivity index (χ2v) is 5.89. The number of rotatable bonds is 9. The average molecular weight is 278 g/mol. The summed E-state index contributed by atoms with van der Waals surface area (Å²) < 4.78 is 5.03. The van der Waals surface area contributed by atoms with Gasteiger partial charge in [-0.2, -0.15) is 0 Å². The van der Waals surface area contributed by atoms with Gasteiger partial charge in [0, 0.05) is 39.5 Å². The van der Waals surface area contributed by atoms with Gasteiger partial charge in [-0.05, 0) is 36.5 Å². The quantitative estimate of drug-likeness (QED) is 0.702. The van der Waals surface area contributed by atoms with Gasteiger partial charge in [-0.3, -0.25) is 0 Å². The summed E-state index contributed by atoms with van der Waals surface area (Å²) in [7, 11) is 3.91. The molecule has 0 fully saturated rings. The molecular formula is C17H30N2O. The van der Waals surface area contributed by atoms with Gasteiger partial charge in [-0.15, -0.1) is 0 Å². The van der Waals surface area contributed by atoms with E-state index in [1.54, 1.807) is 7.11 Å². The molecule has 0 radical (unpaired) electrons. The third-order valence-electron chi connectivity index (χ3n) is 3.53. The van der Waals surface area contributed by atoms with Gasteiger partial charge in [-0.1, -0.05) is 26.0 Å². The van der Waals surface area contributed by atoms with E-state index < -0.39 is 0 Å². The second-order valence-electron chi connectivity index (χ2n) is 5.89. The normalized spacial score (nSPS) is 11.1. The Morgan fingerprint density at radius 1 is 1.30 bits per heavy atom. The third kappa shape index (κ3) is 5.93. The van der Waals surface area contributed by atoms with Gasteiger partial charge < -0.3 is 15.0 Å². The number of hydrogen-bond donors (Lipinski definition) is 1. The number of ether oxygens (including phenoxy) is 1. The molecular weight excluding hydrogens is 248 g/mol. The first-order chi connectivity index (χ1) is 9.54. The summed E-state index contributed by atoms with van der Waals surface area (Å²) in [6.07, 6.45) is 1.23. The van der Waals surface area contributed by atoms with E-state index in [1.165, 1.54) is 23.2 Å². The van der Waals surface area contributed by atoms with Crippen LogP contribution in [0.4, 0.5) is 5.69 Å². The van der Waals surface area contributed by atoms with Crippen LogP contribution in [-0.4, -0.2) is 33.9 Å². The van der Waals surface area contributed by atoms with Crippen LogP contribution in [-0.2, 0) is 11.3 Å². The van der Waals surface area contributed by atoms with E-state index in [0.29, 0.717) is 0 Å². The lowest BCUT2D eigenvalue weighted by atomic mass is 10.1. The number of aryl methyl sites for hydroxylation is 1. The molecule has 0 amide bonds. The fraction of sp³-hybridized carbons (Fsp3) is 0.647. The Morgan fingerprint density at radius 3 is 2.65 bits per heavy atom. The zero-order valence-corrected chi connectivity index (χ0v) is 13.7. The zero-order valence-electron chi connectivity index (χ0n) is 13.7. The molecule has 1 aromatic rings. The molecule has 3 heteroatoms. The first-order valence-corrected chi connectivity index (χ1v) is 7.55. The molecule has 114 valence electrons. The van der Waals surface area contributed by atoms with E-state index in [0.717, 1.165) is 32.2 Å². The van der Waals surface area contributed by atoms with E-state index in [9.17, 15) is 0 Å². The maximum Gasteiger partial charge on any atom is 0.0587 e. The fourth-order valence-corrected chi connectivity index (χ4v) is 2.24. The van der Waals surface area contributed by atoms with E-state index in [4.69, 9.17) is 4.74 Å². The van der Waals surface area contributed by atoms with Crippen molar-refractivity contribution in [3.8, 4) is 0 Å². The summed E-state index contributed by atoms with van der Waals surface area (Å²) in [5.41, 5.74) is 4.02. The predicted molar refractivity (Wildman–Crippen MR) is 87.5 cm³/mol. The molecule has 0 saturated heterocycles. The number of nitrogens with one attached hydrogen (secondary N) is 1. The fourth-order valence-electron chi connectivity index (χ4n) is 2.24. The topological polar surface area (TPSA) is 24.5 Å². The van der Waals surface area contributed by atoms with Crippen molar-refractivity contribution in [2.24, 2.45) is 5.92 Å².